The van der Waals surface area contributed by atoms with E-state index in [9.17, 15) is 14.4 Å². The molecule has 7 nitrogen and oxygen atoms in total. The quantitative estimate of drug-likeness (QED) is 0.557. The van der Waals surface area contributed by atoms with E-state index in [0.717, 1.165) is 21.3 Å². The average Bonchev–Trinajstić information content (AvgIpc) is 3.14. The molecule has 0 N–H and O–H groups in total. The molecule has 8 heteroatoms. The molecule has 0 unspecified atom stereocenters. The third kappa shape index (κ3) is 3.11. The van der Waals surface area contributed by atoms with Crippen molar-refractivity contribution in [3.8, 4) is 0 Å². The van der Waals surface area contributed by atoms with E-state index < -0.39 is 17.2 Å². The number of allylic oxidation sites excluding steroid dienone is 1. The van der Waals surface area contributed by atoms with E-state index >= 15 is 0 Å². The van der Waals surface area contributed by atoms with E-state index in [1.807, 2.05) is 36.4 Å². The first-order valence-corrected chi connectivity index (χ1v) is 10.9. The molecule has 0 saturated heterocycles. The van der Waals surface area contributed by atoms with Crippen LogP contribution in [0.3, 0.4) is 0 Å². The molecule has 0 amide bonds. The average molecular weight is 462 g/mol. The molecule has 0 fully saturated rings. The van der Waals surface area contributed by atoms with Crippen molar-refractivity contribution in [2.45, 2.75) is 19.3 Å². The van der Waals surface area contributed by atoms with Crippen LogP contribution >= 0.6 is 11.6 Å². The molecule has 1 aromatic heterocycles. The lowest BCUT2D eigenvalue weighted by Gasteiger charge is -2.27. The highest BCUT2D eigenvalue weighted by Crippen LogP contribution is 2.48. The maximum absolute atomic E-state index is 13.4. The van der Waals surface area contributed by atoms with E-state index in [4.69, 9.17) is 21.3 Å². The van der Waals surface area contributed by atoms with Gasteiger partial charge in [0.1, 0.15) is 11.6 Å². The van der Waals surface area contributed by atoms with Crippen LogP contribution in [0.1, 0.15) is 41.5 Å². The Bertz CT molecular complexity index is 1510. The molecule has 2 heterocycles. The van der Waals surface area contributed by atoms with E-state index in [-0.39, 0.29) is 12.4 Å². The van der Waals surface area contributed by atoms with Crippen molar-refractivity contribution < 1.29 is 9.53 Å². The Morgan fingerprint density at radius 2 is 1.70 bits per heavy atom. The number of halogens is 1. The molecule has 2 aromatic carbocycles. The number of aliphatic imine (C=N–C) groups is 1. The Hall–Kier alpha value is -3.71. The Kier molecular flexibility index (Phi) is 4.94. The molecule has 0 saturated carbocycles. The number of fused-ring (bicyclic) bond motifs is 4. The second-order valence-electron chi connectivity index (χ2n) is 8.00. The Morgan fingerprint density at radius 3 is 2.36 bits per heavy atom. The van der Waals surface area contributed by atoms with Gasteiger partial charge in [0.05, 0.1) is 11.3 Å². The summed E-state index contributed by atoms with van der Waals surface area (Å²) in [6.07, 6.45) is 0.198. The second kappa shape index (κ2) is 7.71. The molecule has 5 rings (SSSR count). The van der Waals surface area contributed by atoms with Gasteiger partial charge in [0.2, 0.25) is 0 Å². The van der Waals surface area contributed by atoms with Crippen LogP contribution in [0.2, 0.25) is 5.02 Å². The molecule has 0 spiro atoms. The molecule has 1 atom stereocenters. The van der Waals surface area contributed by atoms with Crippen LogP contribution in [0.4, 0.5) is 5.82 Å². The van der Waals surface area contributed by atoms with Gasteiger partial charge in [0, 0.05) is 48.2 Å². The molecular weight excluding hydrogens is 442 g/mol. The summed E-state index contributed by atoms with van der Waals surface area (Å²) in [5, 5.41) is 0.554. The van der Waals surface area contributed by atoms with E-state index in [1.54, 1.807) is 26.1 Å². The maximum Gasteiger partial charge on any atom is 0.332 e. The molecule has 0 bridgehead atoms. The number of hydrogen-bond donors (Lipinski definition) is 0. The molecule has 3 aromatic rings. The smallest absolute Gasteiger partial charge is 0.332 e. The molecule has 1 aliphatic heterocycles. The number of carbonyl (C=O) groups excluding carboxylic acids is 1. The van der Waals surface area contributed by atoms with Gasteiger partial charge in [-0.05, 0) is 17.7 Å². The van der Waals surface area contributed by atoms with Crippen LogP contribution < -0.4 is 11.2 Å². The van der Waals surface area contributed by atoms with Crippen LogP contribution in [0.25, 0.3) is 5.76 Å². The monoisotopic (exact) mass is 461 g/mol. The van der Waals surface area contributed by atoms with E-state index in [0.29, 0.717) is 33.4 Å². The summed E-state index contributed by atoms with van der Waals surface area (Å²) in [5.74, 6) is -0.317. The van der Waals surface area contributed by atoms with Crippen molar-refractivity contribution in [3.63, 3.8) is 0 Å². The van der Waals surface area contributed by atoms with Crippen LogP contribution in [-0.2, 0) is 23.6 Å². The SMILES string of the molecule is CCC(=O)OC1=C2C(=Nc3c(c(=O)n(C)c(=O)n3C)[C@@H]2c2ccc(Cl)cc2)c2ccccc21. The number of nitrogens with zero attached hydrogens (tertiary/aromatic N) is 3. The van der Waals surface area contributed by atoms with Gasteiger partial charge in [-0.1, -0.05) is 54.9 Å². The summed E-state index contributed by atoms with van der Waals surface area (Å²) in [5.41, 5.74) is 2.93. The summed E-state index contributed by atoms with van der Waals surface area (Å²) in [6.45, 7) is 1.72. The number of rotatable bonds is 3. The number of esters is 1. The maximum atomic E-state index is 13.4. The zero-order chi connectivity index (χ0) is 23.4. The van der Waals surface area contributed by atoms with Crippen molar-refractivity contribution in [2.75, 3.05) is 0 Å². The number of aromatic nitrogens is 2. The van der Waals surface area contributed by atoms with Crippen molar-refractivity contribution in [1.29, 1.82) is 0 Å². The third-order valence-corrected chi connectivity index (χ3v) is 6.35. The van der Waals surface area contributed by atoms with Gasteiger partial charge in [-0.3, -0.25) is 18.7 Å². The Morgan fingerprint density at radius 1 is 1.03 bits per heavy atom. The fraction of sp³-hybridized carbons (Fsp3) is 0.200. The van der Waals surface area contributed by atoms with Gasteiger partial charge in [0.15, 0.2) is 0 Å². The van der Waals surface area contributed by atoms with Crippen LogP contribution in [0, 0.1) is 0 Å². The topological polar surface area (TPSA) is 82.7 Å². The fourth-order valence-electron chi connectivity index (χ4n) is 4.46. The van der Waals surface area contributed by atoms with Gasteiger partial charge in [-0.25, -0.2) is 9.79 Å². The van der Waals surface area contributed by atoms with E-state index in [1.165, 1.54) is 11.6 Å². The minimum atomic E-state index is -0.609. The van der Waals surface area contributed by atoms with Gasteiger partial charge >= 0.3 is 11.7 Å². The summed E-state index contributed by atoms with van der Waals surface area (Å²) in [6, 6.07) is 14.6. The van der Waals surface area contributed by atoms with Crippen LogP contribution in [0.5, 0.6) is 0 Å². The molecule has 166 valence electrons. The van der Waals surface area contributed by atoms with Crippen molar-refractivity contribution in [2.24, 2.45) is 19.1 Å². The summed E-state index contributed by atoms with van der Waals surface area (Å²) < 4.78 is 8.28. The highest BCUT2D eigenvalue weighted by atomic mass is 35.5. The number of carbonyl (C=O) groups is 1. The predicted molar refractivity (Wildman–Crippen MR) is 126 cm³/mol. The number of benzene rings is 2. The Labute approximate surface area is 194 Å². The zero-order valence-electron chi connectivity index (χ0n) is 18.3. The largest absolute Gasteiger partial charge is 0.425 e. The normalized spacial score (nSPS) is 16.1. The molecule has 33 heavy (non-hydrogen) atoms. The first-order chi connectivity index (χ1) is 15.8. The highest BCUT2D eigenvalue weighted by Gasteiger charge is 2.42. The van der Waals surface area contributed by atoms with Gasteiger partial charge < -0.3 is 4.74 Å². The van der Waals surface area contributed by atoms with Gasteiger partial charge in [-0.15, -0.1) is 0 Å². The Balaban J connectivity index is 1.93. The molecule has 0 radical (unpaired) electrons. The lowest BCUT2D eigenvalue weighted by atomic mass is 9.81. The second-order valence-corrected chi connectivity index (χ2v) is 8.44. The minimum absolute atomic E-state index is 0.198. The fourth-order valence-corrected chi connectivity index (χ4v) is 4.58. The van der Waals surface area contributed by atoms with E-state index in [2.05, 4.69) is 0 Å². The number of ether oxygens (including phenoxy) is 1. The van der Waals surface area contributed by atoms with Gasteiger partial charge in [0.25, 0.3) is 5.56 Å². The molecule has 1 aliphatic carbocycles. The highest BCUT2D eigenvalue weighted by molar-refractivity contribution is 6.30. The lowest BCUT2D eigenvalue weighted by molar-refractivity contribution is -0.136. The van der Waals surface area contributed by atoms with Crippen molar-refractivity contribution in [3.05, 3.63) is 102 Å². The van der Waals surface area contributed by atoms with Gasteiger partial charge in [-0.2, -0.15) is 0 Å². The first kappa shape index (κ1) is 21.2. The summed E-state index contributed by atoms with van der Waals surface area (Å²) in [4.78, 5) is 43.3. The molecular formula is C25H20ClN3O4. The predicted octanol–water partition coefficient (Wildman–Crippen LogP) is 3.68. The third-order valence-electron chi connectivity index (χ3n) is 6.10. The van der Waals surface area contributed by atoms with Crippen molar-refractivity contribution >= 4 is 34.9 Å². The standard InChI is InChI=1S/C25H20ClN3O4/c1-4-17(30)33-22-16-8-6-5-7-15(16)21-19(22)18(13-9-11-14(26)12-10-13)20-23(27-21)28(2)25(32)29(3)24(20)31/h5-12,18H,4H2,1-3H3/t18-/m1/s1. The zero-order valence-corrected chi connectivity index (χ0v) is 19.0. The summed E-state index contributed by atoms with van der Waals surface area (Å²) >= 11 is 6.14. The minimum Gasteiger partial charge on any atom is -0.425 e. The first-order valence-electron chi connectivity index (χ1n) is 10.5. The summed E-state index contributed by atoms with van der Waals surface area (Å²) in [7, 11) is 3.04. The molecule has 2 aliphatic rings. The van der Waals surface area contributed by atoms with Crippen LogP contribution in [0.15, 0.2) is 68.7 Å². The van der Waals surface area contributed by atoms with Crippen LogP contribution in [-0.4, -0.2) is 20.8 Å². The lowest BCUT2D eigenvalue weighted by Crippen LogP contribution is -2.41. The number of hydrogen-bond acceptors (Lipinski definition) is 5. The van der Waals surface area contributed by atoms with Crippen molar-refractivity contribution in [1.82, 2.24) is 9.13 Å².